The number of thiophene rings is 1. The van der Waals surface area contributed by atoms with Gasteiger partial charge < -0.3 is 4.98 Å². The smallest absolute Gasteiger partial charge is 0.270 e. The molecule has 2 heterocycles. The first-order valence-electron chi connectivity index (χ1n) is 8.87. The van der Waals surface area contributed by atoms with Crippen LogP contribution in [0.1, 0.15) is 35.2 Å². The number of rotatable bonds is 3. The monoisotopic (exact) mass is 392 g/mol. The Morgan fingerprint density at radius 2 is 2.32 bits per heavy atom. The van der Waals surface area contributed by atoms with Crippen LogP contribution >= 0.6 is 11.3 Å². The van der Waals surface area contributed by atoms with Crippen molar-refractivity contribution in [2.45, 2.75) is 26.2 Å². The summed E-state index contributed by atoms with van der Waals surface area (Å²) in [5.74, 6) is 0.765. The van der Waals surface area contributed by atoms with E-state index < -0.39 is 4.92 Å². The van der Waals surface area contributed by atoms with Gasteiger partial charge in [0.25, 0.3) is 11.2 Å². The SMILES string of the molecule is C[C@@H]1CCc2c(sc3nc(/C(C#N)=C/c4cccc([N+](=O)[O-])c4)[nH]c(=O)c23)C1. The van der Waals surface area contributed by atoms with Gasteiger partial charge in [-0.2, -0.15) is 5.26 Å². The molecule has 2 aromatic heterocycles. The number of non-ortho nitro benzene ring substituents is 1. The van der Waals surface area contributed by atoms with Crippen LogP contribution in [-0.4, -0.2) is 14.9 Å². The van der Waals surface area contributed by atoms with Crippen molar-refractivity contribution in [3.05, 3.63) is 66.6 Å². The lowest BCUT2D eigenvalue weighted by atomic mass is 9.89. The van der Waals surface area contributed by atoms with Gasteiger partial charge in [0, 0.05) is 17.0 Å². The van der Waals surface area contributed by atoms with Crippen LogP contribution < -0.4 is 5.56 Å². The van der Waals surface area contributed by atoms with Crippen LogP contribution in [-0.2, 0) is 12.8 Å². The van der Waals surface area contributed by atoms with E-state index in [0.717, 1.165) is 24.8 Å². The molecule has 0 bridgehead atoms. The fourth-order valence-corrected chi connectivity index (χ4v) is 4.91. The summed E-state index contributed by atoms with van der Waals surface area (Å²) in [4.78, 5) is 32.3. The quantitative estimate of drug-likeness (QED) is 0.410. The second kappa shape index (κ2) is 7.02. The van der Waals surface area contributed by atoms with E-state index in [4.69, 9.17) is 0 Å². The van der Waals surface area contributed by atoms with Crippen LogP contribution in [0.15, 0.2) is 29.1 Å². The van der Waals surface area contributed by atoms with E-state index >= 15 is 0 Å². The first-order chi connectivity index (χ1) is 13.5. The fourth-order valence-electron chi connectivity index (χ4n) is 3.52. The summed E-state index contributed by atoms with van der Waals surface area (Å²) in [6.07, 6.45) is 4.36. The molecule has 1 aromatic carbocycles. The number of allylic oxidation sites excluding steroid dienone is 1. The van der Waals surface area contributed by atoms with Crippen molar-refractivity contribution < 1.29 is 4.92 Å². The topological polar surface area (TPSA) is 113 Å². The molecule has 0 unspecified atom stereocenters. The summed E-state index contributed by atoms with van der Waals surface area (Å²) >= 11 is 1.52. The van der Waals surface area contributed by atoms with Crippen molar-refractivity contribution in [3.8, 4) is 6.07 Å². The Morgan fingerprint density at radius 1 is 1.50 bits per heavy atom. The molecule has 140 valence electrons. The van der Waals surface area contributed by atoms with Crippen molar-refractivity contribution in [2.75, 3.05) is 0 Å². The Morgan fingerprint density at radius 3 is 3.07 bits per heavy atom. The molecule has 0 radical (unpaired) electrons. The molecule has 1 aliphatic rings. The maximum Gasteiger partial charge on any atom is 0.270 e. The number of fused-ring (bicyclic) bond motifs is 3. The Bertz CT molecular complexity index is 1230. The molecule has 0 saturated carbocycles. The van der Waals surface area contributed by atoms with Gasteiger partial charge in [0.15, 0.2) is 5.82 Å². The van der Waals surface area contributed by atoms with Crippen molar-refractivity contribution in [3.63, 3.8) is 0 Å². The van der Waals surface area contributed by atoms with Gasteiger partial charge >= 0.3 is 0 Å². The van der Waals surface area contributed by atoms with Gasteiger partial charge in [-0.15, -0.1) is 11.3 Å². The Hall–Kier alpha value is -3.31. The predicted octanol–water partition coefficient (Wildman–Crippen LogP) is 4.08. The molecule has 1 atom stereocenters. The molecular formula is C20H16N4O3S. The number of H-pyrrole nitrogens is 1. The lowest BCUT2D eigenvalue weighted by Crippen LogP contribution is -2.14. The maximum atomic E-state index is 12.7. The molecule has 4 rings (SSSR count). The molecule has 1 aliphatic carbocycles. The van der Waals surface area contributed by atoms with E-state index in [9.17, 15) is 20.2 Å². The van der Waals surface area contributed by atoms with Crippen LogP contribution in [0.2, 0.25) is 0 Å². The zero-order valence-corrected chi connectivity index (χ0v) is 15.9. The van der Waals surface area contributed by atoms with Gasteiger partial charge in [-0.05, 0) is 42.4 Å². The van der Waals surface area contributed by atoms with Crippen molar-refractivity contribution in [1.82, 2.24) is 9.97 Å². The van der Waals surface area contributed by atoms with Gasteiger partial charge in [0.05, 0.1) is 15.9 Å². The van der Waals surface area contributed by atoms with E-state index in [1.54, 1.807) is 12.1 Å². The first kappa shape index (κ1) is 18.1. The summed E-state index contributed by atoms with van der Waals surface area (Å²) < 4.78 is 0. The van der Waals surface area contributed by atoms with Crippen molar-refractivity contribution in [2.24, 2.45) is 5.92 Å². The number of hydrogen-bond acceptors (Lipinski definition) is 6. The third-order valence-corrected chi connectivity index (χ3v) is 6.08. The fraction of sp³-hybridized carbons (Fsp3) is 0.250. The number of nitriles is 1. The number of nitro groups is 1. The zero-order valence-electron chi connectivity index (χ0n) is 15.1. The first-order valence-corrected chi connectivity index (χ1v) is 9.69. The number of aromatic nitrogens is 2. The molecule has 7 nitrogen and oxygen atoms in total. The second-order valence-electron chi connectivity index (χ2n) is 6.97. The maximum absolute atomic E-state index is 12.7. The number of hydrogen-bond donors (Lipinski definition) is 1. The minimum absolute atomic E-state index is 0.0667. The molecule has 0 aliphatic heterocycles. The highest BCUT2D eigenvalue weighted by atomic mass is 32.1. The van der Waals surface area contributed by atoms with Gasteiger partial charge in [-0.25, -0.2) is 4.98 Å². The number of aromatic amines is 1. The summed E-state index contributed by atoms with van der Waals surface area (Å²) in [5.41, 5.74) is 1.42. The van der Waals surface area contributed by atoms with E-state index in [1.165, 1.54) is 34.4 Å². The molecular weight excluding hydrogens is 376 g/mol. The van der Waals surface area contributed by atoms with Crippen molar-refractivity contribution >= 4 is 38.9 Å². The lowest BCUT2D eigenvalue weighted by molar-refractivity contribution is -0.384. The van der Waals surface area contributed by atoms with Crippen LogP contribution in [0, 0.1) is 27.4 Å². The normalized spacial score (nSPS) is 16.6. The standard InChI is InChI=1S/C20H16N4O3S/c1-11-5-6-15-16(7-11)28-20-17(15)19(25)22-18(23-20)13(10-21)8-12-3-2-4-14(9-12)24(26)27/h2-4,8-9,11H,5-7H2,1H3,(H,22,23,25)/b13-8+/t11-/m1/s1. The van der Waals surface area contributed by atoms with E-state index in [2.05, 4.69) is 16.9 Å². The third kappa shape index (κ3) is 3.21. The average Bonchev–Trinajstić information content (AvgIpc) is 3.04. The molecule has 8 heteroatoms. The molecule has 3 aromatic rings. The molecule has 0 amide bonds. The average molecular weight is 392 g/mol. The van der Waals surface area contributed by atoms with Crippen LogP contribution in [0.5, 0.6) is 0 Å². The predicted molar refractivity (Wildman–Crippen MR) is 108 cm³/mol. The largest absolute Gasteiger partial charge is 0.305 e. The highest BCUT2D eigenvalue weighted by Gasteiger charge is 2.23. The highest BCUT2D eigenvalue weighted by molar-refractivity contribution is 7.18. The zero-order chi connectivity index (χ0) is 19.8. The minimum atomic E-state index is -0.493. The van der Waals surface area contributed by atoms with Crippen molar-refractivity contribution in [1.29, 1.82) is 5.26 Å². The molecule has 28 heavy (non-hydrogen) atoms. The molecule has 0 fully saturated rings. The minimum Gasteiger partial charge on any atom is -0.305 e. The Kier molecular flexibility index (Phi) is 4.53. The highest BCUT2D eigenvalue weighted by Crippen LogP contribution is 2.36. The number of nitro benzene ring substituents is 1. The van der Waals surface area contributed by atoms with Gasteiger partial charge in [0.1, 0.15) is 10.9 Å². The Balaban J connectivity index is 1.81. The number of aryl methyl sites for hydroxylation is 1. The van der Waals surface area contributed by atoms with E-state index in [1.807, 2.05) is 6.07 Å². The third-order valence-electron chi connectivity index (χ3n) is 4.93. The lowest BCUT2D eigenvalue weighted by Gasteiger charge is -2.17. The number of benzene rings is 1. The molecule has 0 spiro atoms. The summed E-state index contributed by atoms with van der Waals surface area (Å²) in [6.45, 7) is 2.20. The van der Waals surface area contributed by atoms with Crippen LogP contribution in [0.4, 0.5) is 5.69 Å². The second-order valence-corrected chi connectivity index (χ2v) is 8.05. The molecule has 1 N–H and O–H groups in total. The van der Waals surface area contributed by atoms with Gasteiger partial charge in [-0.1, -0.05) is 19.1 Å². The van der Waals surface area contributed by atoms with E-state index in [0.29, 0.717) is 21.7 Å². The summed E-state index contributed by atoms with van der Waals surface area (Å²) in [6, 6.07) is 8.00. The van der Waals surface area contributed by atoms with Gasteiger partial charge in [0.2, 0.25) is 0 Å². The molecule has 0 saturated heterocycles. The van der Waals surface area contributed by atoms with Crippen LogP contribution in [0.25, 0.3) is 21.9 Å². The number of nitrogens with zero attached hydrogens (tertiary/aromatic N) is 3. The summed E-state index contributed by atoms with van der Waals surface area (Å²) in [5, 5.41) is 21.1. The summed E-state index contributed by atoms with van der Waals surface area (Å²) in [7, 11) is 0. The van der Waals surface area contributed by atoms with Gasteiger partial charge in [-0.3, -0.25) is 14.9 Å². The van der Waals surface area contributed by atoms with Crippen LogP contribution in [0.3, 0.4) is 0 Å². The van der Waals surface area contributed by atoms with E-state index in [-0.39, 0.29) is 22.6 Å². The number of nitrogens with one attached hydrogen (secondary N) is 1. The Labute approximate surface area is 164 Å².